The van der Waals surface area contributed by atoms with Crippen LogP contribution in [0, 0.1) is 5.92 Å². The highest BCUT2D eigenvalue weighted by Crippen LogP contribution is 2.39. The van der Waals surface area contributed by atoms with Crippen LogP contribution >= 0.6 is 11.3 Å². The molecule has 0 radical (unpaired) electrons. The predicted molar refractivity (Wildman–Crippen MR) is 138 cm³/mol. The van der Waals surface area contributed by atoms with Crippen LogP contribution in [-0.2, 0) is 18.3 Å². The number of carbonyl (C=O) groups is 1. The van der Waals surface area contributed by atoms with Gasteiger partial charge in [0.2, 0.25) is 0 Å². The zero-order valence-electron chi connectivity index (χ0n) is 20.4. The number of fused-ring (bicyclic) bond motifs is 2. The second-order valence-electron chi connectivity index (χ2n) is 9.78. The Balaban J connectivity index is 1.41. The number of hydrogen-bond donors (Lipinski definition) is 1. The number of nitrogens with two attached hydrogens (primary N) is 1. The molecule has 8 nitrogen and oxygen atoms in total. The van der Waals surface area contributed by atoms with Crippen LogP contribution in [0.15, 0.2) is 29.6 Å². The Morgan fingerprint density at radius 2 is 2.06 bits per heavy atom. The van der Waals surface area contributed by atoms with E-state index in [0.717, 1.165) is 41.4 Å². The van der Waals surface area contributed by atoms with Gasteiger partial charge in [-0.3, -0.25) is 4.79 Å². The van der Waals surface area contributed by atoms with E-state index in [1.807, 2.05) is 19.2 Å². The number of aromatic nitrogens is 3. The Kier molecular flexibility index (Phi) is 5.58. The van der Waals surface area contributed by atoms with Crippen LogP contribution in [0.25, 0.3) is 32.8 Å². The zero-order chi connectivity index (χ0) is 24.3. The molecule has 6 rings (SSSR count). The maximum Gasteiger partial charge on any atom is 0.254 e. The summed E-state index contributed by atoms with van der Waals surface area (Å²) < 4.78 is 15.7. The fourth-order valence-electron chi connectivity index (χ4n) is 5.34. The first kappa shape index (κ1) is 22.6. The topological polar surface area (TPSA) is 87.5 Å². The van der Waals surface area contributed by atoms with Gasteiger partial charge in [0, 0.05) is 50.8 Å². The van der Waals surface area contributed by atoms with Crippen molar-refractivity contribution in [2.45, 2.75) is 38.0 Å². The Hall–Kier alpha value is -2.88. The summed E-state index contributed by atoms with van der Waals surface area (Å²) in [5.74, 6) is 2.22. The molecule has 4 aromatic rings. The molecule has 0 bridgehead atoms. The van der Waals surface area contributed by atoms with Gasteiger partial charge in [-0.25, -0.2) is 4.98 Å². The van der Waals surface area contributed by atoms with Crippen LogP contribution in [0.1, 0.15) is 29.6 Å². The summed E-state index contributed by atoms with van der Waals surface area (Å²) in [5, 5.41) is 3.39. The number of imidazole rings is 1. The monoisotopic (exact) mass is 493 g/mol. The molecule has 2 aliphatic rings. The van der Waals surface area contributed by atoms with Gasteiger partial charge in [-0.05, 0) is 54.8 Å². The minimum absolute atomic E-state index is 0.0177. The Bertz CT molecular complexity index is 1420. The molecule has 1 amide bonds. The van der Waals surface area contributed by atoms with Crippen molar-refractivity contribution in [2.24, 2.45) is 18.7 Å². The molecule has 1 aliphatic heterocycles. The molecule has 1 aromatic carbocycles. The SMILES string of the molecule is COc1cc(C(=O)N2CCC(OC)[C@@H](N)C2)cc2nc(-c3cc4ccsc4n3CC3CC3)n(C)c12. The highest BCUT2D eigenvalue weighted by molar-refractivity contribution is 7.16. The largest absolute Gasteiger partial charge is 0.494 e. The highest BCUT2D eigenvalue weighted by Gasteiger charge is 2.31. The fourth-order valence-corrected chi connectivity index (χ4v) is 6.25. The lowest BCUT2D eigenvalue weighted by Gasteiger charge is -2.36. The predicted octanol–water partition coefficient (Wildman–Crippen LogP) is 3.86. The first-order valence-corrected chi connectivity index (χ1v) is 13.1. The van der Waals surface area contributed by atoms with E-state index in [9.17, 15) is 4.79 Å². The lowest BCUT2D eigenvalue weighted by atomic mass is 10.0. The molecule has 35 heavy (non-hydrogen) atoms. The second kappa shape index (κ2) is 8.65. The molecule has 1 saturated carbocycles. The molecule has 1 unspecified atom stereocenters. The number of rotatable bonds is 6. The number of carbonyl (C=O) groups excluding carboxylic acids is 1. The van der Waals surface area contributed by atoms with Crippen molar-refractivity contribution >= 4 is 38.5 Å². The van der Waals surface area contributed by atoms with Gasteiger partial charge >= 0.3 is 0 Å². The van der Waals surface area contributed by atoms with E-state index in [1.165, 1.54) is 23.1 Å². The van der Waals surface area contributed by atoms with Crippen LogP contribution in [0.2, 0.25) is 0 Å². The number of benzene rings is 1. The maximum absolute atomic E-state index is 13.4. The van der Waals surface area contributed by atoms with Crippen LogP contribution in [0.3, 0.4) is 0 Å². The molecule has 2 atom stereocenters. The van der Waals surface area contributed by atoms with Gasteiger partial charge in [0.25, 0.3) is 5.91 Å². The molecule has 9 heteroatoms. The Labute approximate surface area is 208 Å². The summed E-state index contributed by atoms with van der Waals surface area (Å²) in [7, 11) is 5.33. The molecule has 0 spiro atoms. The summed E-state index contributed by atoms with van der Waals surface area (Å²) in [6.45, 7) is 2.10. The van der Waals surface area contributed by atoms with Crippen molar-refractivity contribution in [3.63, 3.8) is 0 Å². The van der Waals surface area contributed by atoms with Crippen LogP contribution in [-0.4, -0.2) is 64.4 Å². The van der Waals surface area contributed by atoms with Gasteiger partial charge in [0.05, 0.1) is 24.4 Å². The standard InChI is InChI=1S/C26H31N5O3S/c1-29-23-19(28-24(29)20-11-16-7-9-35-26(16)31(20)13-15-4-5-15)10-17(12-22(23)34-3)25(32)30-8-6-21(33-2)18(27)14-30/h7,9-12,15,18,21H,4-6,8,13-14,27H2,1-3H3/t18-,21?/m0/s1. The molecule has 1 aliphatic carbocycles. The number of aryl methyl sites for hydroxylation is 1. The third kappa shape index (κ3) is 3.82. The average molecular weight is 494 g/mol. The lowest BCUT2D eigenvalue weighted by Crippen LogP contribution is -2.53. The third-order valence-electron chi connectivity index (χ3n) is 7.45. The number of methoxy groups -OCH3 is 2. The lowest BCUT2D eigenvalue weighted by molar-refractivity contribution is 0.0227. The summed E-state index contributed by atoms with van der Waals surface area (Å²) in [6, 6.07) is 7.91. The fraction of sp³-hybridized carbons (Fsp3) is 0.462. The van der Waals surface area contributed by atoms with Crippen LogP contribution in [0.4, 0.5) is 0 Å². The van der Waals surface area contributed by atoms with E-state index in [2.05, 4.69) is 26.6 Å². The number of amides is 1. The van der Waals surface area contributed by atoms with Crippen LogP contribution < -0.4 is 10.5 Å². The van der Waals surface area contributed by atoms with Gasteiger partial charge in [-0.2, -0.15) is 0 Å². The summed E-state index contributed by atoms with van der Waals surface area (Å²) >= 11 is 1.78. The van der Waals surface area contributed by atoms with Crippen LogP contribution in [0.5, 0.6) is 5.75 Å². The molecule has 2 fully saturated rings. The normalized spacial score (nSPS) is 20.7. The summed E-state index contributed by atoms with van der Waals surface area (Å²) in [4.78, 5) is 21.5. The van der Waals surface area contributed by atoms with Crippen molar-refractivity contribution in [1.29, 1.82) is 0 Å². The highest BCUT2D eigenvalue weighted by atomic mass is 32.1. The third-order valence-corrected chi connectivity index (χ3v) is 8.40. The molecule has 184 valence electrons. The van der Waals surface area contributed by atoms with Crippen molar-refractivity contribution in [3.05, 3.63) is 35.2 Å². The molecule has 4 heterocycles. The number of likely N-dealkylation sites (tertiary alicyclic amines) is 1. The number of ether oxygens (including phenoxy) is 2. The zero-order valence-corrected chi connectivity index (χ0v) is 21.2. The van der Waals surface area contributed by atoms with Crippen molar-refractivity contribution in [3.8, 4) is 17.3 Å². The second-order valence-corrected chi connectivity index (χ2v) is 10.7. The van der Waals surface area contributed by atoms with E-state index < -0.39 is 0 Å². The molecule has 3 aromatic heterocycles. The quantitative estimate of drug-likeness (QED) is 0.441. The Morgan fingerprint density at radius 3 is 2.77 bits per heavy atom. The van der Waals surface area contributed by atoms with E-state index in [4.69, 9.17) is 20.2 Å². The van der Waals surface area contributed by atoms with Crippen molar-refractivity contribution in [1.82, 2.24) is 19.0 Å². The van der Waals surface area contributed by atoms with Gasteiger partial charge in [-0.1, -0.05) is 0 Å². The Morgan fingerprint density at radius 1 is 1.23 bits per heavy atom. The number of piperidine rings is 1. The summed E-state index contributed by atoms with van der Waals surface area (Å²) in [6.07, 6.45) is 3.29. The molecular formula is C26H31N5O3S. The van der Waals surface area contributed by atoms with E-state index in [0.29, 0.717) is 24.4 Å². The van der Waals surface area contributed by atoms with Gasteiger partial charge in [-0.15, -0.1) is 11.3 Å². The van der Waals surface area contributed by atoms with Crippen molar-refractivity contribution in [2.75, 3.05) is 27.3 Å². The van der Waals surface area contributed by atoms with E-state index >= 15 is 0 Å². The number of nitrogens with zero attached hydrogens (tertiary/aromatic N) is 4. The summed E-state index contributed by atoms with van der Waals surface area (Å²) in [5.41, 5.74) is 9.56. The molecular weight excluding hydrogens is 462 g/mol. The van der Waals surface area contributed by atoms with Gasteiger partial charge in [0.1, 0.15) is 16.1 Å². The van der Waals surface area contributed by atoms with Gasteiger partial charge in [0.15, 0.2) is 5.82 Å². The maximum atomic E-state index is 13.4. The number of thiophene rings is 1. The smallest absolute Gasteiger partial charge is 0.254 e. The van der Waals surface area contributed by atoms with E-state index in [-0.39, 0.29) is 18.1 Å². The number of hydrogen-bond acceptors (Lipinski definition) is 6. The first-order valence-electron chi connectivity index (χ1n) is 12.2. The average Bonchev–Trinajstić information content (AvgIpc) is 3.31. The van der Waals surface area contributed by atoms with Gasteiger partial charge < -0.3 is 29.2 Å². The molecule has 2 N–H and O–H groups in total. The minimum Gasteiger partial charge on any atom is -0.494 e. The van der Waals surface area contributed by atoms with E-state index in [1.54, 1.807) is 30.5 Å². The minimum atomic E-state index is -0.196. The van der Waals surface area contributed by atoms with Crippen molar-refractivity contribution < 1.29 is 14.3 Å². The first-order chi connectivity index (χ1) is 17.0. The molecule has 1 saturated heterocycles.